The van der Waals surface area contributed by atoms with E-state index in [1.165, 1.54) is 11.9 Å². The number of hydrazine groups is 1. The Balaban J connectivity index is 1.61. The molecule has 0 saturated carbocycles. The number of aromatic nitrogens is 1. The van der Waals surface area contributed by atoms with Crippen LogP contribution in [0.15, 0.2) is 36.4 Å². The average molecular weight is 684 g/mol. The fourth-order valence-corrected chi connectivity index (χ4v) is 4.73. The Morgan fingerprint density at radius 3 is 2.47 bits per heavy atom. The molecule has 1 aromatic carbocycles. The van der Waals surface area contributed by atoms with E-state index in [2.05, 4.69) is 22.7 Å². The maximum Gasteiger partial charge on any atom is 0.325 e. The van der Waals surface area contributed by atoms with Crippen molar-refractivity contribution in [2.45, 2.75) is 82.8 Å². The van der Waals surface area contributed by atoms with E-state index in [-0.39, 0.29) is 5.92 Å². The van der Waals surface area contributed by atoms with Gasteiger partial charge in [0.25, 0.3) is 11.8 Å². The number of alkyl halides is 3. The van der Waals surface area contributed by atoms with Crippen LogP contribution in [0, 0.1) is 11.3 Å². The molecule has 1 fully saturated rings. The monoisotopic (exact) mass is 682 g/mol. The molecular formula is C32H41Cl3N4O6. The molecule has 13 heteroatoms. The first-order valence-electron chi connectivity index (χ1n) is 14.9. The van der Waals surface area contributed by atoms with Gasteiger partial charge in [0.05, 0.1) is 10.9 Å². The number of carbonyl (C=O) groups is 4. The van der Waals surface area contributed by atoms with Gasteiger partial charge in [0, 0.05) is 17.6 Å². The number of aryl methyl sites for hydroxylation is 1. The minimum Gasteiger partial charge on any atom is -0.460 e. The van der Waals surface area contributed by atoms with Crippen LogP contribution in [0.5, 0.6) is 0 Å². The predicted molar refractivity (Wildman–Crippen MR) is 175 cm³/mol. The van der Waals surface area contributed by atoms with Gasteiger partial charge in [-0.1, -0.05) is 85.9 Å². The third kappa shape index (κ3) is 10.6. The highest BCUT2D eigenvalue weighted by atomic mass is 35.6. The zero-order valence-electron chi connectivity index (χ0n) is 26.4. The highest BCUT2D eigenvalue weighted by Crippen LogP contribution is 2.27. The summed E-state index contributed by atoms with van der Waals surface area (Å²) in [6.07, 6.45) is 4.18. The summed E-state index contributed by atoms with van der Waals surface area (Å²) in [6, 6.07) is 8.12. The third-order valence-electron chi connectivity index (χ3n) is 7.30. The number of benzene rings is 1. The van der Waals surface area contributed by atoms with Crippen molar-refractivity contribution >= 4 is 75.5 Å². The Labute approximate surface area is 279 Å². The van der Waals surface area contributed by atoms with Crippen molar-refractivity contribution in [3.05, 3.63) is 47.7 Å². The van der Waals surface area contributed by atoms with E-state index in [1.807, 2.05) is 36.4 Å². The van der Waals surface area contributed by atoms with Crippen LogP contribution in [0.3, 0.4) is 0 Å². The van der Waals surface area contributed by atoms with Gasteiger partial charge in [-0.05, 0) is 63.6 Å². The lowest BCUT2D eigenvalue weighted by Crippen LogP contribution is -2.60. The molecule has 2 aromatic rings. The number of hydrogen-bond acceptors (Lipinski definition) is 8. The van der Waals surface area contributed by atoms with E-state index in [0.717, 1.165) is 28.6 Å². The Morgan fingerprint density at radius 1 is 1.13 bits per heavy atom. The molecule has 45 heavy (non-hydrogen) atoms. The molecular weight excluding hydrogens is 643 g/mol. The first-order valence-corrected chi connectivity index (χ1v) is 16.1. The van der Waals surface area contributed by atoms with Crippen molar-refractivity contribution in [3.63, 3.8) is 0 Å². The van der Waals surface area contributed by atoms with E-state index >= 15 is 0 Å². The van der Waals surface area contributed by atoms with Crippen LogP contribution in [0.25, 0.3) is 17.0 Å². The van der Waals surface area contributed by atoms with Gasteiger partial charge >= 0.3 is 11.9 Å². The number of halogens is 3. The summed E-state index contributed by atoms with van der Waals surface area (Å²) >= 11 is 16.9. The molecule has 3 unspecified atom stereocenters. The zero-order valence-corrected chi connectivity index (χ0v) is 28.6. The van der Waals surface area contributed by atoms with E-state index in [4.69, 9.17) is 44.3 Å². The highest BCUT2D eigenvalue weighted by Gasteiger charge is 2.36. The Morgan fingerprint density at radius 2 is 1.82 bits per heavy atom. The van der Waals surface area contributed by atoms with Crippen molar-refractivity contribution in [2.24, 2.45) is 11.3 Å². The lowest BCUT2D eigenvalue weighted by atomic mass is 9.92. The van der Waals surface area contributed by atoms with Crippen LogP contribution in [-0.4, -0.2) is 68.9 Å². The Kier molecular flexibility index (Phi) is 12.7. The minimum atomic E-state index is -1.76. The van der Waals surface area contributed by atoms with Crippen LogP contribution in [0.4, 0.5) is 0 Å². The van der Waals surface area contributed by atoms with Gasteiger partial charge in [-0.25, -0.2) is 5.43 Å². The molecule has 0 bridgehead atoms. The topological polar surface area (TPSA) is 127 Å². The number of esters is 2. The van der Waals surface area contributed by atoms with Crippen LogP contribution in [0.1, 0.15) is 65.6 Å². The minimum absolute atomic E-state index is 0.309. The quantitative estimate of drug-likeness (QED) is 0.241. The molecule has 0 radical (unpaired) electrons. The van der Waals surface area contributed by atoms with Gasteiger partial charge < -0.3 is 14.8 Å². The number of hydrogen-bond donors (Lipinski definition) is 2. The number of amides is 2. The maximum absolute atomic E-state index is 13.3. The maximum atomic E-state index is 13.3. The number of pyridine rings is 1. The number of nitrogens with zero attached hydrogens (tertiary/aromatic N) is 2. The van der Waals surface area contributed by atoms with Crippen molar-refractivity contribution in [1.82, 2.24) is 20.7 Å². The summed E-state index contributed by atoms with van der Waals surface area (Å²) < 4.78 is 8.98. The molecule has 0 spiro atoms. The molecule has 2 amide bonds. The SMILES string of the molecule is CCc1ccc2ccc(/C=C/C(C)(C)C(=O)OC(C(=O)NC(C)C(=O)N3CCCC(C(=O)OCC(Cl)(Cl)Cl)N3)C(C)C)cc2n1. The lowest BCUT2D eigenvalue weighted by Gasteiger charge is -2.34. The number of fused-ring (bicyclic) bond motifs is 1. The Hall–Kier alpha value is -2.92. The highest BCUT2D eigenvalue weighted by molar-refractivity contribution is 6.67. The van der Waals surface area contributed by atoms with E-state index < -0.39 is 57.8 Å². The molecule has 3 rings (SSSR count). The van der Waals surface area contributed by atoms with Crippen molar-refractivity contribution in [3.8, 4) is 0 Å². The molecule has 10 nitrogen and oxygen atoms in total. The van der Waals surface area contributed by atoms with Gasteiger partial charge in [-0.2, -0.15) is 0 Å². The summed E-state index contributed by atoms with van der Waals surface area (Å²) in [7, 11) is 0. The lowest BCUT2D eigenvalue weighted by molar-refractivity contribution is -0.165. The van der Waals surface area contributed by atoms with Crippen molar-refractivity contribution < 1.29 is 28.7 Å². The molecule has 246 valence electrons. The van der Waals surface area contributed by atoms with Crippen LogP contribution >= 0.6 is 34.8 Å². The summed E-state index contributed by atoms with van der Waals surface area (Å²) in [5.74, 6) is -2.72. The number of rotatable bonds is 11. The predicted octanol–water partition coefficient (Wildman–Crippen LogP) is 5.32. The van der Waals surface area contributed by atoms with Crippen molar-refractivity contribution in [1.29, 1.82) is 0 Å². The molecule has 0 aliphatic carbocycles. The molecule has 1 aromatic heterocycles. The number of carbonyl (C=O) groups excluding carboxylic acids is 4. The fourth-order valence-electron chi connectivity index (χ4n) is 4.57. The van der Waals surface area contributed by atoms with Gasteiger partial charge in [-0.3, -0.25) is 29.2 Å². The molecule has 1 saturated heterocycles. The van der Waals surface area contributed by atoms with Crippen LogP contribution in [-0.2, 0) is 35.1 Å². The van der Waals surface area contributed by atoms with Gasteiger partial charge in [-0.15, -0.1) is 0 Å². The first-order chi connectivity index (χ1) is 21.0. The van der Waals surface area contributed by atoms with Gasteiger partial charge in [0.2, 0.25) is 3.79 Å². The standard InChI is InChI=1S/C32H41Cl3N4O6/c1-7-23-13-12-22-11-10-21(17-25(22)37-23)14-15-31(5,6)30(43)45-26(19(2)3)27(40)36-20(4)28(41)39-16-8-9-24(38-39)29(42)44-18-32(33,34)35/h10-15,17,19-20,24,26,38H,7-9,16,18H2,1-6H3,(H,36,40)/b15-14+. The van der Waals surface area contributed by atoms with Gasteiger partial charge in [0.15, 0.2) is 6.10 Å². The Bertz CT molecular complexity index is 1430. The van der Waals surface area contributed by atoms with E-state index in [0.29, 0.717) is 19.4 Å². The van der Waals surface area contributed by atoms with Crippen molar-refractivity contribution in [2.75, 3.05) is 13.2 Å². The molecule has 2 heterocycles. The zero-order chi connectivity index (χ0) is 33.5. The molecule has 2 N–H and O–H groups in total. The fraction of sp³-hybridized carbons (Fsp3) is 0.531. The first kappa shape index (κ1) is 36.5. The van der Waals surface area contributed by atoms with Crippen LogP contribution in [0.2, 0.25) is 0 Å². The second-order valence-corrected chi connectivity index (χ2v) is 14.5. The largest absolute Gasteiger partial charge is 0.460 e. The number of ether oxygens (including phenoxy) is 2. The molecule has 1 aliphatic heterocycles. The third-order valence-corrected chi connectivity index (χ3v) is 7.62. The van der Waals surface area contributed by atoms with E-state index in [1.54, 1.807) is 33.8 Å². The summed E-state index contributed by atoms with van der Waals surface area (Å²) in [5.41, 5.74) is 4.51. The van der Waals surface area contributed by atoms with Crippen LogP contribution < -0.4 is 10.7 Å². The smallest absolute Gasteiger partial charge is 0.325 e. The molecule has 3 atom stereocenters. The summed E-state index contributed by atoms with van der Waals surface area (Å²) in [5, 5.41) is 4.93. The average Bonchev–Trinajstić information content (AvgIpc) is 2.99. The second kappa shape index (κ2) is 15.6. The normalized spacial score (nSPS) is 17.3. The summed E-state index contributed by atoms with van der Waals surface area (Å²) in [6.45, 7) is 10.4. The van der Waals surface area contributed by atoms with E-state index in [9.17, 15) is 19.2 Å². The second-order valence-electron chi connectivity index (χ2n) is 12.0. The van der Waals surface area contributed by atoms with Gasteiger partial charge in [0.1, 0.15) is 18.7 Å². The number of nitrogens with one attached hydrogen (secondary N) is 2. The summed E-state index contributed by atoms with van der Waals surface area (Å²) in [4.78, 5) is 56.7. The molecule has 1 aliphatic rings.